The van der Waals surface area contributed by atoms with E-state index in [1.807, 2.05) is 12.1 Å². The number of anilines is 1. The van der Waals surface area contributed by atoms with Gasteiger partial charge in [0, 0.05) is 11.1 Å². The number of nitrogens with zero attached hydrogens (tertiary/aromatic N) is 3. The maximum absolute atomic E-state index is 5.54. The van der Waals surface area contributed by atoms with Crippen molar-refractivity contribution in [3.8, 4) is 0 Å². The molecule has 54 valence electrons. The van der Waals surface area contributed by atoms with E-state index in [0.717, 1.165) is 10.9 Å². The molecule has 0 aliphatic rings. The van der Waals surface area contributed by atoms with Crippen LogP contribution in [0.4, 0.5) is 5.69 Å². The molecule has 1 aromatic carbocycles. The Labute approximate surface area is 63.0 Å². The molecular formula is C7H6N4. The summed E-state index contributed by atoms with van der Waals surface area (Å²) in [6, 6.07) is 5.45. The third-order valence-corrected chi connectivity index (χ3v) is 1.46. The fourth-order valence-electron chi connectivity index (χ4n) is 0.918. The Bertz CT molecular complexity index is 385. The molecule has 0 bridgehead atoms. The Morgan fingerprint density at radius 1 is 1.27 bits per heavy atom. The van der Waals surface area contributed by atoms with Gasteiger partial charge in [-0.2, -0.15) is 0 Å². The molecule has 4 nitrogen and oxygen atoms in total. The molecule has 0 amide bonds. The minimum Gasteiger partial charge on any atom is -0.399 e. The summed E-state index contributed by atoms with van der Waals surface area (Å²) in [7, 11) is 0. The molecule has 1 aromatic heterocycles. The smallest absolute Gasteiger partial charge is 0.0983 e. The summed E-state index contributed by atoms with van der Waals surface area (Å²) >= 11 is 0. The number of nitrogen functional groups attached to an aromatic ring is 1. The second-order valence-corrected chi connectivity index (χ2v) is 2.25. The zero-order valence-electron chi connectivity index (χ0n) is 5.73. The van der Waals surface area contributed by atoms with E-state index in [2.05, 4.69) is 15.4 Å². The van der Waals surface area contributed by atoms with Crippen LogP contribution in [0.25, 0.3) is 10.9 Å². The Morgan fingerprint density at radius 2 is 2.18 bits per heavy atom. The van der Waals surface area contributed by atoms with Crippen LogP contribution in [0.15, 0.2) is 24.4 Å². The quantitative estimate of drug-likeness (QED) is 0.553. The minimum absolute atomic E-state index is 0.693. The molecule has 2 N–H and O–H groups in total. The summed E-state index contributed by atoms with van der Waals surface area (Å²) in [5, 5.41) is 11.9. The number of benzene rings is 1. The summed E-state index contributed by atoms with van der Waals surface area (Å²) in [5.74, 6) is 0. The molecule has 2 rings (SSSR count). The van der Waals surface area contributed by atoms with Gasteiger partial charge in [-0.25, -0.2) is 0 Å². The SMILES string of the molecule is Nc1ccc2cnnnc2c1. The topological polar surface area (TPSA) is 64.7 Å². The fourth-order valence-corrected chi connectivity index (χ4v) is 0.918. The molecule has 0 aliphatic heterocycles. The van der Waals surface area contributed by atoms with Gasteiger partial charge in [0.05, 0.1) is 11.7 Å². The average Bonchev–Trinajstić information content (AvgIpc) is 2.04. The lowest BCUT2D eigenvalue weighted by atomic mass is 10.2. The molecule has 0 saturated carbocycles. The third kappa shape index (κ3) is 0.980. The van der Waals surface area contributed by atoms with Crippen molar-refractivity contribution < 1.29 is 0 Å². The van der Waals surface area contributed by atoms with Gasteiger partial charge < -0.3 is 5.73 Å². The number of hydrogen-bond acceptors (Lipinski definition) is 4. The van der Waals surface area contributed by atoms with Gasteiger partial charge in [0.15, 0.2) is 0 Å². The normalized spacial score (nSPS) is 10.2. The molecule has 4 heteroatoms. The molecule has 0 fully saturated rings. The van der Waals surface area contributed by atoms with Crippen molar-refractivity contribution in [3.05, 3.63) is 24.4 Å². The first-order valence-corrected chi connectivity index (χ1v) is 3.20. The predicted octanol–water partition coefficient (Wildman–Crippen LogP) is 0.607. The van der Waals surface area contributed by atoms with Crippen molar-refractivity contribution in [1.82, 2.24) is 15.4 Å². The Kier molecular flexibility index (Phi) is 1.18. The van der Waals surface area contributed by atoms with Crippen molar-refractivity contribution >= 4 is 16.6 Å². The standard InChI is InChI=1S/C7H6N4/c8-6-2-1-5-4-9-11-10-7(5)3-6/h1-4H,8H2. The van der Waals surface area contributed by atoms with Gasteiger partial charge >= 0.3 is 0 Å². The molecule has 0 radical (unpaired) electrons. The molecule has 0 unspecified atom stereocenters. The molecular weight excluding hydrogens is 140 g/mol. The highest BCUT2D eigenvalue weighted by Crippen LogP contribution is 2.11. The van der Waals surface area contributed by atoms with Crippen molar-refractivity contribution in [1.29, 1.82) is 0 Å². The first-order chi connectivity index (χ1) is 5.36. The van der Waals surface area contributed by atoms with Crippen LogP contribution < -0.4 is 5.73 Å². The van der Waals surface area contributed by atoms with E-state index < -0.39 is 0 Å². The van der Waals surface area contributed by atoms with E-state index in [1.165, 1.54) is 0 Å². The number of rotatable bonds is 0. The van der Waals surface area contributed by atoms with Crippen LogP contribution in [-0.2, 0) is 0 Å². The van der Waals surface area contributed by atoms with Crippen LogP contribution >= 0.6 is 0 Å². The van der Waals surface area contributed by atoms with Crippen LogP contribution in [0.1, 0.15) is 0 Å². The predicted molar refractivity (Wildman–Crippen MR) is 41.7 cm³/mol. The maximum atomic E-state index is 5.54. The third-order valence-electron chi connectivity index (χ3n) is 1.46. The van der Waals surface area contributed by atoms with E-state index >= 15 is 0 Å². The molecule has 0 aliphatic carbocycles. The summed E-state index contributed by atoms with van der Waals surface area (Å²) in [6.45, 7) is 0. The number of hydrogen-bond donors (Lipinski definition) is 1. The van der Waals surface area contributed by atoms with Gasteiger partial charge in [-0.1, -0.05) is 0 Å². The first-order valence-electron chi connectivity index (χ1n) is 3.20. The van der Waals surface area contributed by atoms with Gasteiger partial charge in [-0.05, 0) is 23.4 Å². The highest BCUT2D eigenvalue weighted by Gasteiger charge is 1.93. The second kappa shape index (κ2) is 2.16. The van der Waals surface area contributed by atoms with E-state index in [9.17, 15) is 0 Å². The number of nitrogens with two attached hydrogens (primary N) is 1. The molecule has 1 heterocycles. The monoisotopic (exact) mass is 146 g/mol. The fraction of sp³-hybridized carbons (Fsp3) is 0. The lowest BCUT2D eigenvalue weighted by Crippen LogP contribution is -1.89. The van der Waals surface area contributed by atoms with Crippen molar-refractivity contribution in [2.24, 2.45) is 0 Å². The van der Waals surface area contributed by atoms with E-state index in [0.29, 0.717) is 5.69 Å². The van der Waals surface area contributed by atoms with Crippen molar-refractivity contribution in [3.63, 3.8) is 0 Å². The summed E-state index contributed by atoms with van der Waals surface area (Å²) in [6.07, 6.45) is 1.65. The average molecular weight is 146 g/mol. The summed E-state index contributed by atoms with van der Waals surface area (Å²) in [4.78, 5) is 0. The van der Waals surface area contributed by atoms with Crippen molar-refractivity contribution in [2.75, 3.05) is 5.73 Å². The first kappa shape index (κ1) is 6.03. The lowest BCUT2D eigenvalue weighted by molar-refractivity contribution is 0.895. The Balaban J connectivity index is 2.83. The van der Waals surface area contributed by atoms with Crippen LogP contribution in [0.3, 0.4) is 0 Å². The van der Waals surface area contributed by atoms with Gasteiger partial charge in [-0.3, -0.25) is 0 Å². The molecule has 0 atom stereocenters. The van der Waals surface area contributed by atoms with Gasteiger partial charge in [-0.15, -0.1) is 10.2 Å². The van der Waals surface area contributed by atoms with Crippen LogP contribution in [-0.4, -0.2) is 15.4 Å². The van der Waals surface area contributed by atoms with Gasteiger partial charge in [0.1, 0.15) is 0 Å². The minimum atomic E-state index is 0.693. The lowest BCUT2D eigenvalue weighted by Gasteiger charge is -1.94. The maximum Gasteiger partial charge on any atom is 0.0983 e. The van der Waals surface area contributed by atoms with E-state index in [4.69, 9.17) is 5.73 Å². The van der Waals surface area contributed by atoms with Crippen LogP contribution in [0.5, 0.6) is 0 Å². The number of aromatic nitrogens is 3. The van der Waals surface area contributed by atoms with Crippen molar-refractivity contribution in [2.45, 2.75) is 0 Å². The Morgan fingerprint density at radius 3 is 3.09 bits per heavy atom. The largest absolute Gasteiger partial charge is 0.399 e. The van der Waals surface area contributed by atoms with Gasteiger partial charge in [0.2, 0.25) is 0 Å². The molecule has 0 spiro atoms. The van der Waals surface area contributed by atoms with Gasteiger partial charge in [0.25, 0.3) is 0 Å². The van der Waals surface area contributed by atoms with E-state index in [-0.39, 0.29) is 0 Å². The highest BCUT2D eigenvalue weighted by molar-refractivity contribution is 5.80. The molecule has 11 heavy (non-hydrogen) atoms. The number of fused-ring (bicyclic) bond motifs is 1. The highest BCUT2D eigenvalue weighted by atomic mass is 15.3. The zero-order chi connectivity index (χ0) is 7.68. The van der Waals surface area contributed by atoms with E-state index in [1.54, 1.807) is 12.3 Å². The summed E-state index contributed by atoms with van der Waals surface area (Å²) < 4.78 is 0. The molecule has 2 aromatic rings. The van der Waals surface area contributed by atoms with Crippen LogP contribution in [0.2, 0.25) is 0 Å². The summed E-state index contributed by atoms with van der Waals surface area (Å²) in [5.41, 5.74) is 7.01. The Hall–Kier alpha value is -1.71. The van der Waals surface area contributed by atoms with Crippen LogP contribution in [0, 0.1) is 0 Å². The zero-order valence-corrected chi connectivity index (χ0v) is 5.73. The molecule has 0 saturated heterocycles. The second-order valence-electron chi connectivity index (χ2n) is 2.25.